The lowest BCUT2D eigenvalue weighted by Crippen LogP contribution is -2.19. The van der Waals surface area contributed by atoms with E-state index in [4.69, 9.17) is 9.47 Å². The van der Waals surface area contributed by atoms with Gasteiger partial charge in [-0.25, -0.2) is 9.78 Å². The fraction of sp³-hybridized carbons (Fsp3) is 0.500. The highest BCUT2D eigenvalue weighted by molar-refractivity contribution is 5.89. The van der Waals surface area contributed by atoms with Crippen LogP contribution in [0.1, 0.15) is 24.2 Å². The minimum absolute atomic E-state index is 0.115. The predicted molar refractivity (Wildman–Crippen MR) is 62.2 cm³/mol. The number of rotatable bonds is 6. The Labute approximate surface area is 101 Å². The normalized spacial score (nSPS) is 11.9. The average molecular weight is 239 g/mol. The lowest BCUT2D eigenvalue weighted by atomic mass is 10.3. The van der Waals surface area contributed by atoms with Gasteiger partial charge in [0, 0.05) is 18.9 Å². The van der Waals surface area contributed by atoms with Crippen molar-refractivity contribution in [2.45, 2.75) is 20.0 Å². The second kappa shape index (κ2) is 6.85. The van der Waals surface area contributed by atoms with Crippen LogP contribution < -0.4 is 4.74 Å². The van der Waals surface area contributed by atoms with E-state index in [0.29, 0.717) is 24.7 Å². The number of nitrogens with zero attached hydrogens (tertiary/aromatic N) is 1. The van der Waals surface area contributed by atoms with Crippen LogP contribution in [-0.4, -0.2) is 37.4 Å². The standard InChI is InChI=1S/C12H17NO4/c1-4-16-8-9(2)17-11-7-10(5-6-13-11)12(14)15-3/h5-7,9H,4,8H2,1-3H3. The van der Waals surface area contributed by atoms with Crippen molar-refractivity contribution in [3.63, 3.8) is 0 Å². The fourth-order valence-corrected chi connectivity index (χ4v) is 1.24. The third-order valence-electron chi connectivity index (χ3n) is 2.03. The summed E-state index contributed by atoms with van der Waals surface area (Å²) < 4.78 is 15.3. The van der Waals surface area contributed by atoms with Crippen LogP contribution in [0.4, 0.5) is 0 Å². The molecule has 0 amide bonds. The van der Waals surface area contributed by atoms with Crippen LogP contribution in [0.5, 0.6) is 5.88 Å². The second-order valence-electron chi connectivity index (χ2n) is 3.46. The molecular weight excluding hydrogens is 222 g/mol. The molecule has 1 aromatic heterocycles. The zero-order valence-electron chi connectivity index (χ0n) is 10.3. The molecule has 0 aromatic carbocycles. The molecule has 1 unspecified atom stereocenters. The number of pyridine rings is 1. The third kappa shape index (κ3) is 4.40. The van der Waals surface area contributed by atoms with Gasteiger partial charge >= 0.3 is 5.97 Å². The highest BCUT2D eigenvalue weighted by Gasteiger charge is 2.09. The summed E-state index contributed by atoms with van der Waals surface area (Å²) in [6, 6.07) is 3.13. The molecule has 0 spiro atoms. The van der Waals surface area contributed by atoms with E-state index in [2.05, 4.69) is 9.72 Å². The molecule has 17 heavy (non-hydrogen) atoms. The van der Waals surface area contributed by atoms with Crippen molar-refractivity contribution in [3.05, 3.63) is 23.9 Å². The van der Waals surface area contributed by atoms with Gasteiger partial charge in [0.2, 0.25) is 5.88 Å². The van der Waals surface area contributed by atoms with E-state index in [-0.39, 0.29) is 6.10 Å². The van der Waals surface area contributed by atoms with Gasteiger partial charge in [-0.2, -0.15) is 0 Å². The third-order valence-corrected chi connectivity index (χ3v) is 2.03. The van der Waals surface area contributed by atoms with Crippen molar-refractivity contribution in [2.75, 3.05) is 20.3 Å². The quantitative estimate of drug-likeness (QED) is 0.707. The summed E-state index contributed by atoms with van der Waals surface area (Å²) in [5, 5.41) is 0. The molecule has 94 valence electrons. The number of hydrogen-bond acceptors (Lipinski definition) is 5. The number of aromatic nitrogens is 1. The number of hydrogen-bond donors (Lipinski definition) is 0. The van der Waals surface area contributed by atoms with E-state index in [1.54, 1.807) is 12.1 Å². The van der Waals surface area contributed by atoms with E-state index in [0.717, 1.165) is 0 Å². The van der Waals surface area contributed by atoms with Gasteiger partial charge in [-0.15, -0.1) is 0 Å². The molecule has 0 bridgehead atoms. The maximum Gasteiger partial charge on any atom is 0.338 e. The van der Waals surface area contributed by atoms with E-state index < -0.39 is 5.97 Å². The zero-order valence-corrected chi connectivity index (χ0v) is 10.3. The first-order valence-corrected chi connectivity index (χ1v) is 5.46. The molecule has 1 atom stereocenters. The number of carbonyl (C=O) groups is 1. The monoisotopic (exact) mass is 239 g/mol. The van der Waals surface area contributed by atoms with Crippen LogP contribution in [0.3, 0.4) is 0 Å². The molecule has 0 fully saturated rings. The molecule has 0 radical (unpaired) electrons. The Hall–Kier alpha value is -1.62. The Bertz CT molecular complexity index is 367. The minimum atomic E-state index is -0.408. The zero-order chi connectivity index (χ0) is 12.7. The first-order valence-electron chi connectivity index (χ1n) is 5.46. The molecule has 0 saturated carbocycles. The fourth-order valence-electron chi connectivity index (χ4n) is 1.24. The molecule has 0 saturated heterocycles. The molecule has 0 N–H and O–H groups in total. The Morgan fingerprint density at radius 1 is 1.53 bits per heavy atom. The minimum Gasteiger partial charge on any atom is -0.472 e. The molecule has 1 aromatic rings. The summed E-state index contributed by atoms with van der Waals surface area (Å²) in [7, 11) is 1.33. The highest BCUT2D eigenvalue weighted by atomic mass is 16.5. The molecule has 0 aliphatic rings. The lowest BCUT2D eigenvalue weighted by molar-refractivity contribution is 0.0589. The molecular formula is C12H17NO4. The van der Waals surface area contributed by atoms with Gasteiger partial charge in [-0.3, -0.25) is 0 Å². The van der Waals surface area contributed by atoms with Crippen LogP contribution in [-0.2, 0) is 9.47 Å². The van der Waals surface area contributed by atoms with Crippen molar-refractivity contribution in [2.24, 2.45) is 0 Å². The van der Waals surface area contributed by atoms with Crippen LogP contribution in [0.15, 0.2) is 18.3 Å². The SMILES string of the molecule is CCOCC(C)Oc1cc(C(=O)OC)ccn1. The Morgan fingerprint density at radius 3 is 2.94 bits per heavy atom. The lowest BCUT2D eigenvalue weighted by Gasteiger charge is -2.13. The topological polar surface area (TPSA) is 57.7 Å². The Balaban J connectivity index is 2.62. The van der Waals surface area contributed by atoms with E-state index in [1.807, 2.05) is 13.8 Å². The predicted octanol–water partition coefficient (Wildman–Crippen LogP) is 1.67. The maximum atomic E-state index is 11.3. The summed E-state index contributed by atoms with van der Waals surface area (Å²) in [4.78, 5) is 15.3. The number of carbonyl (C=O) groups excluding carboxylic acids is 1. The van der Waals surface area contributed by atoms with Crippen molar-refractivity contribution in [1.82, 2.24) is 4.98 Å². The van der Waals surface area contributed by atoms with Gasteiger partial charge in [0.1, 0.15) is 6.10 Å². The maximum absolute atomic E-state index is 11.3. The molecule has 5 nitrogen and oxygen atoms in total. The summed E-state index contributed by atoms with van der Waals surface area (Å²) in [6.45, 7) is 4.93. The van der Waals surface area contributed by atoms with Crippen molar-refractivity contribution < 1.29 is 19.0 Å². The summed E-state index contributed by atoms with van der Waals surface area (Å²) in [5.41, 5.74) is 0.418. The van der Waals surface area contributed by atoms with E-state index >= 15 is 0 Å². The first kappa shape index (κ1) is 13.4. The first-order chi connectivity index (χ1) is 8.17. The molecule has 0 aliphatic carbocycles. The summed E-state index contributed by atoms with van der Waals surface area (Å²) in [6.07, 6.45) is 1.39. The molecule has 5 heteroatoms. The molecule has 1 rings (SSSR count). The Morgan fingerprint density at radius 2 is 2.29 bits per heavy atom. The number of methoxy groups -OCH3 is 1. The summed E-state index contributed by atoms with van der Waals surface area (Å²) >= 11 is 0. The smallest absolute Gasteiger partial charge is 0.338 e. The van der Waals surface area contributed by atoms with E-state index in [9.17, 15) is 4.79 Å². The summed E-state index contributed by atoms with van der Waals surface area (Å²) in [5.74, 6) is -0.0187. The van der Waals surface area contributed by atoms with Crippen LogP contribution >= 0.6 is 0 Å². The Kier molecular flexibility index (Phi) is 5.42. The molecule has 0 aliphatic heterocycles. The number of esters is 1. The van der Waals surface area contributed by atoms with Crippen LogP contribution in [0, 0.1) is 0 Å². The largest absolute Gasteiger partial charge is 0.472 e. The van der Waals surface area contributed by atoms with E-state index in [1.165, 1.54) is 13.3 Å². The van der Waals surface area contributed by atoms with Gasteiger partial charge < -0.3 is 14.2 Å². The average Bonchev–Trinajstić information content (AvgIpc) is 2.35. The van der Waals surface area contributed by atoms with Gasteiger partial charge in [0.15, 0.2) is 0 Å². The van der Waals surface area contributed by atoms with Crippen molar-refractivity contribution in [1.29, 1.82) is 0 Å². The van der Waals surface area contributed by atoms with Gasteiger partial charge in [-0.05, 0) is 19.9 Å². The number of ether oxygens (including phenoxy) is 3. The van der Waals surface area contributed by atoms with Crippen molar-refractivity contribution in [3.8, 4) is 5.88 Å². The second-order valence-corrected chi connectivity index (χ2v) is 3.46. The van der Waals surface area contributed by atoms with Gasteiger partial charge in [-0.1, -0.05) is 0 Å². The van der Waals surface area contributed by atoms with Crippen LogP contribution in [0.2, 0.25) is 0 Å². The van der Waals surface area contributed by atoms with Gasteiger partial charge in [0.25, 0.3) is 0 Å². The molecule has 1 heterocycles. The highest BCUT2D eigenvalue weighted by Crippen LogP contribution is 2.12. The van der Waals surface area contributed by atoms with Crippen molar-refractivity contribution >= 4 is 5.97 Å². The van der Waals surface area contributed by atoms with Gasteiger partial charge in [0.05, 0.1) is 19.3 Å². The van der Waals surface area contributed by atoms with Crippen LogP contribution in [0.25, 0.3) is 0 Å².